The van der Waals surface area contributed by atoms with Gasteiger partial charge in [0.15, 0.2) is 0 Å². The predicted molar refractivity (Wildman–Crippen MR) is 72.5 cm³/mol. The average Bonchev–Trinajstić information content (AvgIpc) is 2.17. The summed E-state index contributed by atoms with van der Waals surface area (Å²) in [6, 6.07) is 11.3. The molecule has 0 fully saturated rings. The quantitative estimate of drug-likeness (QED) is 0.571. The molecular weight excluding hydrogens is 245 g/mol. The summed E-state index contributed by atoms with van der Waals surface area (Å²) in [7, 11) is 2.09. The minimum atomic E-state index is -1.91. The SMILES string of the molecule is CN(CCC[Si](C)(Cl)Cl)c1ccccc1. The number of hydrogen-bond acceptors (Lipinski definition) is 1. The molecule has 1 rings (SSSR count). The molecule has 0 saturated heterocycles. The first-order valence-electron chi connectivity index (χ1n) is 5.13. The molecule has 0 heterocycles. The van der Waals surface area contributed by atoms with Gasteiger partial charge in [0.1, 0.15) is 0 Å². The maximum Gasteiger partial charge on any atom is 0.248 e. The Morgan fingerprint density at radius 2 is 1.80 bits per heavy atom. The Morgan fingerprint density at radius 1 is 1.20 bits per heavy atom. The third-order valence-corrected chi connectivity index (χ3v) is 4.67. The van der Waals surface area contributed by atoms with Crippen LogP contribution in [0.5, 0.6) is 0 Å². The maximum absolute atomic E-state index is 6.05. The van der Waals surface area contributed by atoms with E-state index < -0.39 is 6.69 Å². The number of anilines is 1. The van der Waals surface area contributed by atoms with Crippen molar-refractivity contribution in [2.75, 3.05) is 18.5 Å². The van der Waals surface area contributed by atoms with E-state index in [2.05, 4.69) is 24.1 Å². The summed E-state index contributed by atoms with van der Waals surface area (Å²) in [5.74, 6) is 0. The fraction of sp³-hybridized carbons (Fsp3) is 0.455. The first kappa shape index (κ1) is 12.9. The van der Waals surface area contributed by atoms with Crippen LogP contribution in [0.1, 0.15) is 6.42 Å². The molecule has 0 atom stereocenters. The molecule has 1 nitrogen and oxygen atoms in total. The molecule has 0 unspecified atom stereocenters. The Kier molecular flexibility index (Phi) is 4.96. The Balaban J connectivity index is 2.34. The van der Waals surface area contributed by atoms with Crippen LogP contribution in [-0.2, 0) is 0 Å². The van der Waals surface area contributed by atoms with Crippen molar-refractivity contribution in [3.05, 3.63) is 30.3 Å². The lowest BCUT2D eigenvalue weighted by atomic mass is 10.3. The number of para-hydroxylation sites is 1. The largest absolute Gasteiger partial charge is 0.375 e. The van der Waals surface area contributed by atoms with Crippen LogP contribution in [0.2, 0.25) is 12.6 Å². The highest BCUT2D eigenvalue weighted by atomic mass is 35.7. The van der Waals surface area contributed by atoms with Crippen molar-refractivity contribution in [3.8, 4) is 0 Å². The lowest BCUT2D eigenvalue weighted by Gasteiger charge is -2.20. The monoisotopic (exact) mass is 261 g/mol. The molecule has 15 heavy (non-hydrogen) atoms. The third-order valence-electron chi connectivity index (χ3n) is 2.31. The van der Waals surface area contributed by atoms with Crippen LogP contribution >= 0.6 is 22.2 Å². The third kappa shape index (κ3) is 5.45. The fourth-order valence-electron chi connectivity index (χ4n) is 1.44. The fourth-order valence-corrected chi connectivity index (χ4v) is 3.02. The lowest BCUT2D eigenvalue weighted by Crippen LogP contribution is -2.21. The van der Waals surface area contributed by atoms with Gasteiger partial charge in [-0.1, -0.05) is 18.2 Å². The Morgan fingerprint density at radius 3 is 2.33 bits per heavy atom. The van der Waals surface area contributed by atoms with Gasteiger partial charge >= 0.3 is 0 Å². The van der Waals surface area contributed by atoms with Crippen molar-refractivity contribution < 1.29 is 0 Å². The Hall–Kier alpha value is -0.183. The highest BCUT2D eigenvalue weighted by Crippen LogP contribution is 2.22. The van der Waals surface area contributed by atoms with Gasteiger partial charge in [0, 0.05) is 19.3 Å². The van der Waals surface area contributed by atoms with Crippen molar-refractivity contribution >= 4 is 34.5 Å². The van der Waals surface area contributed by atoms with E-state index in [1.54, 1.807) is 0 Å². The van der Waals surface area contributed by atoms with Gasteiger partial charge in [-0.05, 0) is 31.1 Å². The molecule has 84 valence electrons. The van der Waals surface area contributed by atoms with Gasteiger partial charge in [0.2, 0.25) is 6.69 Å². The molecule has 0 aliphatic rings. The predicted octanol–water partition coefficient (Wildman–Crippen LogP) is 4.06. The van der Waals surface area contributed by atoms with E-state index in [-0.39, 0.29) is 0 Å². The molecule has 0 aliphatic heterocycles. The van der Waals surface area contributed by atoms with Crippen molar-refractivity contribution in [3.63, 3.8) is 0 Å². The van der Waals surface area contributed by atoms with Crippen LogP contribution in [0.4, 0.5) is 5.69 Å². The van der Waals surface area contributed by atoms with Gasteiger partial charge in [-0.3, -0.25) is 0 Å². The minimum Gasteiger partial charge on any atom is -0.375 e. The minimum absolute atomic E-state index is 0.952. The van der Waals surface area contributed by atoms with Crippen molar-refractivity contribution in [2.45, 2.75) is 19.0 Å². The molecule has 1 aromatic carbocycles. The van der Waals surface area contributed by atoms with E-state index >= 15 is 0 Å². The van der Waals surface area contributed by atoms with E-state index in [4.69, 9.17) is 22.2 Å². The lowest BCUT2D eigenvalue weighted by molar-refractivity contribution is 0.846. The zero-order valence-electron chi connectivity index (χ0n) is 9.21. The van der Waals surface area contributed by atoms with E-state index in [1.807, 2.05) is 24.7 Å². The van der Waals surface area contributed by atoms with Crippen LogP contribution in [0.25, 0.3) is 0 Å². The molecule has 0 radical (unpaired) electrons. The van der Waals surface area contributed by atoms with Gasteiger partial charge in [0.05, 0.1) is 0 Å². The number of hydrogen-bond donors (Lipinski definition) is 0. The molecule has 0 spiro atoms. The first-order valence-corrected chi connectivity index (χ1v) is 9.86. The summed E-state index contributed by atoms with van der Waals surface area (Å²) in [5, 5.41) is 0. The molecule has 0 amide bonds. The maximum atomic E-state index is 6.05. The van der Waals surface area contributed by atoms with E-state index in [0.717, 1.165) is 19.0 Å². The van der Waals surface area contributed by atoms with Gasteiger partial charge < -0.3 is 4.90 Å². The topological polar surface area (TPSA) is 3.24 Å². The number of rotatable bonds is 5. The summed E-state index contributed by atoms with van der Waals surface area (Å²) >= 11 is 12.1. The van der Waals surface area contributed by atoms with Gasteiger partial charge in [-0.15, -0.1) is 22.2 Å². The highest BCUT2D eigenvalue weighted by Gasteiger charge is 2.19. The van der Waals surface area contributed by atoms with Crippen LogP contribution in [0.3, 0.4) is 0 Å². The Labute approximate surface area is 102 Å². The molecular formula is C11H17Cl2NSi. The van der Waals surface area contributed by atoms with E-state index in [1.165, 1.54) is 5.69 Å². The molecule has 0 N–H and O–H groups in total. The van der Waals surface area contributed by atoms with Crippen molar-refractivity contribution in [1.82, 2.24) is 0 Å². The summed E-state index contributed by atoms with van der Waals surface area (Å²) in [6.45, 7) is 1.07. The molecule has 0 aliphatic carbocycles. The highest BCUT2D eigenvalue weighted by molar-refractivity contribution is 7.44. The Bertz CT molecular complexity index is 284. The van der Waals surface area contributed by atoms with Crippen molar-refractivity contribution in [2.24, 2.45) is 0 Å². The second-order valence-electron chi connectivity index (χ2n) is 3.93. The molecule has 1 aromatic rings. The normalized spacial score (nSPS) is 11.5. The smallest absolute Gasteiger partial charge is 0.248 e. The van der Waals surface area contributed by atoms with Crippen LogP contribution in [-0.4, -0.2) is 20.3 Å². The van der Waals surface area contributed by atoms with E-state index in [9.17, 15) is 0 Å². The standard InChI is InChI=1S/C11H17Cl2NSi/c1-14(9-6-10-15(2,12)13)11-7-4-3-5-8-11/h3-5,7-8H,6,9-10H2,1-2H3. The number of benzene rings is 1. The average molecular weight is 262 g/mol. The molecule has 0 bridgehead atoms. The van der Waals surface area contributed by atoms with Crippen LogP contribution < -0.4 is 4.90 Å². The molecule has 0 aromatic heterocycles. The van der Waals surface area contributed by atoms with Crippen LogP contribution in [0.15, 0.2) is 30.3 Å². The summed E-state index contributed by atoms with van der Waals surface area (Å²) < 4.78 is 0. The zero-order valence-corrected chi connectivity index (χ0v) is 11.7. The van der Waals surface area contributed by atoms with E-state index in [0.29, 0.717) is 0 Å². The summed E-state index contributed by atoms with van der Waals surface area (Å²) in [4.78, 5) is 2.23. The first-order chi connectivity index (χ1) is 6.99. The second kappa shape index (κ2) is 5.78. The van der Waals surface area contributed by atoms with Crippen molar-refractivity contribution in [1.29, 1.82) is 0 Å². The number of nitrogens with zero attached hydrogens (tertiary/aromatic N) is 1. The number of halogens is 2. The molecule has 0 saturated carbocycles. The molecule has 4 heteroatoms. The van der Waals surface area contributed by atoms with Gasteiger partial charge in [0.25, 0.3) is 0 Å². The van der Waals surface area contributed by atoms with Gasteiger partial charge in [-0.2, -0.15) is 0 Å². The zero-order chi connectivity index (χ0) is 11.3. The summed E-state index contributed by atoms with van der Waals surface area (Å²) in [5.41, 5.74) is 1.24. The van der Waals surface area contributed by atoms with Gasteiger partial charge in [-0.25, -0.2) is 0 Å². The van der Waals surface area contributed by atoms with Crippen LogP contribution in [0, 0.1) is 0 Å². The summed E-state index contributed by atoms with van der Waals surface area (Å²) in [6.07, 6.45) is 1.06. The second-order valence-corrected chi connectivity index (χ2v) is 12.2.